The van der Waals surface area contributed by atoms with Crippen molar-refractivity contribution < 1.29 is 14.3 Å². The highest BCUT2D eigenvalue weighted by atomic mass is 16.6. The third kappa shape index (κ3) is 3.98. The molecule has 1 atom stereocenters. The second-order valence-corrected chi connectivity index (χ2v) is 4.15. The number of ether oxygens (including phenoxy) is 2. The predicted octanol–water partition coefficient (Wildman–Crippen LogP) is 3.40. The van der Waals surface area contributed by atoms with Gasteiger partial charge < -0.3 is 14.8 Å². The summed E-state index contributed by atoms with van der Waals surface area (Å²) >= 11 is 0. The first-order valence-electron chi connectivity index (χ1n) is 6.34. The number of hydrogen-bond donors (Lipinski definition) is 1. The van der Waals surface area contributed by atoms with E-state index in [1.54, 1.807) is 24.3 Å². The van der Waals surface area contributed by atoms with Crippen molar-refractivity contribution in [3.8, 4) is 17.6 Å². The molecule has 0 saturated heterocycles. The Morgan fingerprint density at radius 2 is 1.86 bits per heavy atom. The fourth-order valence-electron chi connectivity index (χ4n) is 1.70. The molecule has 0 aliphatic heterocycles. The lowest BCUT2D eigenvalue weighted by Crippen LogP contribution is -2.21. The number of rotatable bonds is 4. The van der Waals surface area contributed by atoms with Crippen LogP contribution in [0.3, 0.4) is 0 Å². The zero-order valence-electron chi connectivity index (χ0n) is 11.4. The van der Waals surface area contributed by atoms with E-state index in [-0.39, 0.29) is 0 Å². The third-order valence-corrected chi connectivity index (χ3v) is 2.69. The second-order valence-electron chi connectivity index (χ2n) is 4.15. The summed E-state index contributed by atoms with van der Waals surface area (Å²) in [6, 6.07) is 18.1. The van der Waals surface area contributed by atoms with Gasteiger partial charge in [-0.2, -0.15) is 5.26 Å². The van der Waals surface area contributed by atoms with Crippen LogP contribution in [0.25, 0.3) is 0 Å². The lowest BCUT2D eigenvalue weighted by Gasteiger charge is -2.12. The van der Waals surface area contributed by atoms with Crippen molar-refractivity contribution in [2.24, 2.45) is 0 Å². The second kappa shape index (κ2) is 6.96. The number of carbonyl (C=O) groups is 1. The van der Waals surface area contributed by atoms with E-state index in [0.717, 1.165) is 0 Å². The van der Waals surface area contributed by atoms with Crippen molar-refractivity contribution in [1.29, 1.82) is 5.26 Å². The topological polar surface area (TPSA) is 71.3 Å². The van der Waals surface area contributed by atoms with Crippen LogP contribution in [0.15, 0.2) is 54.6 Å². The summed E-state index contributed by atoms with van der Waals surface area (Å²) in [6.07, 6.45) is -1.64. The van der Waals surface area contributed by atoms with Crippen LogP contribution in [0, 0.1) is 11.3 Å². The number of nitrogens with one attached hydrogen (secondary N) is 1. The summed E-state index contributed by atoms with van der Waals surface area (Å²) in [6.45, 7) is 0. The molecule has 21 heavy (non-hydrogen) atoms. The Morgan fingerprint density at radius 1 is 1.14 bits per heavy atom. The highest BCUT2D eigenvalue weighted by Crippen LogP contribution is 2.25. The van der Waals surface area contributed by atoms with Crippen LogP contribution in [-0.2, 0) is 4.74 Å². The number of nitriles is 1. The standard InChI is InChI=1S/C16H14N2O3/c1-18-16(19)21-15(11-17)12-6-5-9-14(10-12)20-13-7-3-2-4-8-13/h2-10,15H,1H3,(H,18,19). The van der Waals surface area contributed by atoms with Crippen molar-refractivity contribution in [3.63, 3.8) is 0 Å². The molecule has 2 aromatic rings. The summed E-state index contributed by atoms with van der Waals surface area (Å²) in [5, 5.41) is 11.4. The molecular weight excluding hydrogens is 268 g/mol. The zero-order valence-corrected chi connectivity index (χ0v) is 11.4. The number of carbonyl (C=O) groups excluding carboxylic acids is 1. The van der Waals surface area contributed by atoms with E-state index in [0.29, 0.717) is 17.1 Å². The van der Waals surface area contributed by atoms with Gasteiger partial charge in [0.15, 0.2) is 0 Å². The molecule has 2 rings (SSSR count). The Balaban J connectivity index is 2.17. The molecule has 0 aliphatic carbocycles. The molecule has 1 N–H and O–H groups in total. The van der Waals surface area contributed by atoms with E-state index in [2.05, 4.69) is 5.32 Å². The Bertz CT molecular complexity index is 650. The van der Waals surface area contributed by atoms with Crippen LogP contribution >= 0.6 is 0 Å². The molecular formula is C16H14N2O3. The molecule has 0 fully saturated rings. The molecule has 0 saturated carbocycles. The summed E-state index contributed by atoms with van der Waals surface area (Å²) in [7, 11) is 1.44. The van der Waals surface area contributed by atoms with Gasteiger partial charge in [0, 0.05) is 12.6 Å². The largest absolute Gasteiger partial charge is 0.457 e. The molecule has 2 aromatic carbocycles. The lowest BCUT2D eigenvalue weighted by molar-refractivity contribution is 0.125. The Labute approximate surface area is 122 Å². The highest BCUT2D eigenvalue weighted by Gasteiger charge is 2.15. The molecule has 5 nitrogen and oxygen atoms in total. The maximum Gasteiger partial charge on any atom is 0.408 e. The van der Waals surface area contributed by atoms with Crippen LogP contribution in [0.4, 0.5) is 4.79 Å². The molecule has 0 bridgehead atoms. The molecule has 0 aromatic heterocycles. The van der Waals surface area contributed by atoms with E-state index in [9.17, 15) is 4.79 Å². The molecule has 5 heteroatoms. The van der Waals surface area contributed by atoms with Crippen LogP contribution in [0.5, 0.6) is 11.5 Å². The van der Waals surface area contributed by atoms with Gasteiger partial charge >= 0.3 is 6.09 Å². The van der Waals surface area contributed by atoms with Crippen LogP contribution < -0.4 is 10.1 Å². The molecule has 1 unspecified atom stereocenters. The predicted molar refractivity (Wildman–Crippen MR) is 76.9 cm³/mol. The normalized spacial score (nSPS) is 11.0. The Hall–Kier alpha value is -3.00. The van der Waals surface area contributed by atoms with Crippen LogP contribution in [0.2, 0.25) is 0 Å². The summed E-state index contributed by atoms with van der Waals surface area (Å²) in [5.41, 5.74) is 0.550. The van der Waals surface area contributed by atoms with Gasteiger partial charge in [0.05, 0.1) is 0 Å². The van der Waals surface area contributed by atoms with E-state index < -0.39 is 12.2 Å². The smallest absolute Gasteiger partial charge is 0.408 e. The van der Waals surface area contributed by atoms with Gasteiger partial charge in [-0.25, -0.2) is 4.79 Å². The number of nitrogens with zero attached hydrogens (tertiary/aromatic N) is 1. The molecule has 1 amide bonds. The summed E-state index contributed by atoms with van der Waals surface area (Å²) in [4.78, 5) is 11.2. The molecule has 0 heterocycles. The first-order chi connectivity index (χ1) is 10.2. The summed E-state index contributed by atoms with van der Waals surface area (Å²) in [5.74, 6) is 1.26. The lowest BCUT2D eigenvalue weighted by atomic mass is 10.1. The van der Waals surface area contributed by atoms with Crippen molar-refractivity contribution in [3.05, 3.63) is 60.2 Å². The average Bonchev–Trinajstić information content (AvgIpc) is 2.53. The number of amides is 1. The fourth-order valence-corrected chi connectivity index (χ4v) is 1.70. The van der Waals surface area contributed by atoms with Gasteiger partial charge in [-0.15, -0.1) is 0 Å². The molecule has 106 valence electrons. The van der Waals surface area contributed by atoms with E-state index in [4.69, 9.17) is 14.7 Å². The number of benzene rings is 2. The minimum atomic E-state index is -0.982. The van der Waals surface area contributed by atoms with Crippen molar-refractivity contribution in [1.82, 2.24) is 5.32 Å². The maximum atomic E-state index is 11.2. The minimum Gasteiger partial charge on any atom is -0.457 e. The van der Waals surface area contributed by atoms with Gasteiger partial charge in [-0.05, 0) is 24.3 Å². The zero-order chi connectivity index (χ0) is 15.1. The Kier molecular flexibility index (Phi) is 4.78. The van der Waals surface area contributed by atoms with E-state index >= 15 is 0 Å². The minimum absolute atomic E-state index is 0.550. The van der Waals surface area contributed by atoms with Gasteiger partial charge in [0.2, 0.25) is 6.10 Å². The van der Waals surface area contributed by atoms with Crippen molar-refractivity contribution >= 4 is 6.09 Å². The maximum absolute atomic E-state index is 11.2. The van der Waals surface area contributed by atoms with Gasteiger partial charge in [-0.1, -0.05) is 30.3 Å². The Morgan fingerprint density at radius 3 is 2.52 bits per heavy atom. The first kappa shape index (κ1) is 14.4. The third-order valence-electron chi connectivity index (χ3n) is 2.69. The molecule has 0 aliphatic rings. The van der Waals surface area contributed by atoms with Gasteiger partial charge in [0.25, 0.3) is 0 Å². The first-order valence-corrected chi connectivity index (χ1v) is 6.34. The molecule has 0 spiro atoms. The van der Waals surface area contributed by atoms with Crippen LogP contribution in [-0.4, -0.2) is 13.1 Å². The van der Waals surface area contributed by atoms with Crippen LogP contribution in [0.1, 0.15) is 11.7 Å². The van der Waals surface area contributed by atoms with Gasteiger partial charge in [0.1, 0.15) is 17.6 Å². The SMILES string of the molecule is CNC(=O)OC(C#N)c1cccc(Oc2ccccc2)c1. The van der Waals surface area contributed by atoms with E-state index in [1.165, 1.54) is 7.05 Å². The summed E-state index contributed by atoms with van der Waals surface area (Å²) < 4.78 is 10.7. The molecule has 0 radical (unpaired) electrons. The van der Waals surface area contributed by atoms with Gasteiger partial charge in [-0.3, -0.25) is 0 Å². The average molecular weight is 282 g/mol. The number of para-hydroxylation sites is 1. The van der Waals surface area contributed by atoms with Crippen molar-refractivity contribution in [2.45, 2.75) is 6.10 Å². The highest BCUT2D eigenvalue weighted by molar-refractivity contribution is 5.67. The monoisotopic (exact) mass is 282 g/mol. The quantitative estimate of drug-likeness (QED) is 0.932. The number of hydrogen-bond acceptors (Lipinski definition) is 4. The number of alkyl carbamates (subject to hydrolysis) is 1. The van der Waals surface area contributed by atoms with Crippen molar-refractivity contribution in [2.75, 3.05) is 7.05 Å². The fraction of sp³-hybridized carbons (Fsp3) is 0.125. The van der Waals surface area contributed by atoms with E-state index in [1.807, 2.05) is 36.4 Å².